The van der Waals surface area contributed by atoms with E-state index in [1.54, 1.807) is 0 Å². The molecule has 1 aliphatic rings. The fourth-order valence-corrected chi connectivity index (χ4v) is 3.01. The van der Waals surface area contributed by atoms with Crippen molar-refractivity contribution in [3.8, 4) is 0 Å². The summed E-state index contributed by atoms with van der Waals surface area (Å²) in [4.78, 5) is 13.3. The summed E-state index contributed by atoms with van der Waals surface area (Å²) in [6.45, 7) is 7.63. The van der Waals surface area contributed by atoms with Crippen LogP contribution in [0.3, 0.4) is 0 Å². The summed E-state index contributed by atoms with van der Waals surface area (Å²) >= 11 is 1.49. The lowest BCUT2D eigenvalue weighted by Crippen LogP contribution is -2.31. The number of nitrogens with zero attached hydrogens (tertiary/aromatic N) is 3. The molecular weight excluding hydrogens is 272 g/mol. The minimum Gasteiger partial charge on any atom is -0.351 e. The van der Waals surface area contributed by atoms with Crippen LogP contribution in [-0.2, 0) is 13.0 Å². The van der Waals surface area contributed by atoms with E-state index in [1.807, 2.05) is 17.8 Å². The zero-order chi connectivity index (χ0) is 14.3. The minimum absolute atomic E-state index is 0.0220. The Labute approximate surface area is 122 Å². The van der Waals surface area contributed by atoms with Gasteiger partial charge in [-0.25, -0.2) is 0 Å². The van der Waals surface area contributed by atoms with Crippen molar-refractivity contribution < 1.29 is 4.79 Å². The molecule has 6 heteroatoms. The van der Waals surface area contributed by atoms with Gasteiger partial charge in [0.05, 0.1) is 23.5 Å². The molecule has 3 rings (SSSR count). The first-order valence-corrected chi connectivity index (χ1v) is 7.47. The van der Waals surface area contributed by atoms with E-state index in [0.717, 1.165) is 17.8 Å². The molecule has 20 heavy (non-hydrogen) atoms. The molecule has 2 aromatic heterocycles. The molecule has 0 spiro atoms. The van der Waals surface area contributed by atoms with Crippen LogP contribution < -0.4 is 5.32 Å². The SMILES string of the molecule is Cc1cc(Cn2cc3c(n2)CC(C)(C)CNC3=O)ns1. The zero-order valence-corrected chi connectivity index (χ0v) is 12.8. The summed E-state index contributed by atoms with van der Waals surface area (Å²) in [5.41, 5.74) is 2.61. The van der Waals surface area contributed by atoms with Gasteiger partial charge in [0.25, 0.3) is 5.91 Å². The highest BCUT2D eigenvalue weighted by molar-refractivity contribution is 7.05. The average molecular weight is 290 g/mol. The third-order valence-electron chi connectivity index (χ3n) is 3.46. The number of amides is 1. The molecule has 0 aliphatic carbocycles. The van der Waals surface area contributed by atoms with Gasteiger partial charge in [0.1, 0.15) is 0 Å². The maximum absolute atomic E-state index is 12.1. The first-order chi connectivity index (χ1) is 9.43. The summed E-state index contributed by atoms with van der Waals surface area (Å²) in [6.07, 6.45) is 2.64. The van der Waals surface area contributed by atoms with E-state index in [0.29, 0.717) is 18.7 Å². The van der Waals surface area contributed by atoms with Crippen LogP contribution in [0, 0.1) is 12.3 Å². The standard InChI is InChI=1S/C14H18N4OS/c1-9-4-10(17-20-9)6-18-7-11-12(16-18)5-14(2,3)8-15-13(11)19/h4,7H,5-6,8H2,1-3H3,(H,15,19). The molecule has 0 radical (unpaired) electrons. The first kappa shape index (κ1) is 13.3. The molecule has 0 unspecified atom stereocenters. The Balaban J connectivity index is 1.89. The molecule has 1 aliphatic heterocycles. The highest BCUT2D eigenvalue weighted by Crippen LogP contribution is 2.25. The van der Waals surface area contributed by atoms with Gasteiger partial charge in [-0.2, -0.15) is 9.47 Å². The lowest BCUT2D eigenvalue weighted by molar-refractivity contribution is 0.0944. The van der Waals surface area contributed by atoms with Gasteiger partial charge in [-0.3, -0.25) is 9.48 Å². The minimum atomic E-state index is -0.0220. The van der Waals surface area contributed by atoms with E-state index in [2.05, 4.69) is 34.7 Å². The second kappa shape index (κ2) is 4.70. The molecule has 0 saturated heterocycles. The lowest BCUT2D eigenvalue weighted by Gasteiger charge is -2.21. The molecule has 3 heterocycles. The third-order valence-corrected chi connectivity index (χ3v) is 4.19. The van der Waals surface area contributed by atoms with Crippen molar-refractivity contribution >= 4 is 17.4 Å². The maximum atomic E-state index is 12.1. The second-order valence-corrected chi connectivity index (χ2v) is 7.15. The normalized spacial score (nSPS) is 17.4. The van der Waals surface area contributed by atoms with Crippen LogP contribution in [0.25, 0.3) is 0 Å². The fraction of sp³-hybridized carbons (Fsp3) is 0.500. The number of carbonyl (C=O) groups excluding carboxylic acids is 1. The van der Waals surface area contributed by atoms with E-state index >= 15 is 0 Å². The van der Waals surface area contributed by atoms with E-state index < -0.39 is 0 Å². The Bertz CT molecular complexity index is 656. The van der Waals surface area contributed by atoms with Gasteiger partial charge in [0.2, 0.25) is 0 Å². The summed E-state index contributed by atoms with van der Waals surface area (Å²) < 4.78 is 6.18. The number of aryl methyl sites for hydroxylation is 1. The van der Waals surface area contributed by atoms with Gasteiger partial charge < -0.3 is 5.32 Å². The Morgan fingerprint density at radius 2 is 2.30 bits per heavy atom. The second-order valence-electron chi connectivity index (χ2n) is 6.14. The summed E-state index contributed by atoms with van der Waals surface area (Å²) in [7, 11) is 0. The van der Waals surface area contributed by atoms with Crippen molar-refractivity contribution in [3.63, 3.8) is 0 Å². The van der Waals surface area contributed by atoms with E-state index in [-0.39, 0.29) is 11.3 Å². The van der Waals surface area contributed by atoms with Crippen LogP contribution in [0.15, 0.2) is 12.3 Å². The summed E-state index contributed by atoms with van der Waals surface area (Å²) in [5, 5.41) is 7.55. The van der Waals surface area contributed by atoms with Crippen LogP contribution in [0.4, 0.5) is 0 Å². The monoisotopic (exact) mass is 290 g/mol. The zero-order valence-electron chi connectivity index (χ0n) is 11.9. The largest absolute Gasteiger partial charge is 0.351 e. The van der Waals surface area contributed by atoms with Crippen molar-refractivity contribution in [1.82, 2.24) is 19.5 Å². The Morgan fingerprint density at radius 1 is 1.50 bits per heavy atom. The van der Waals surface area contributed by atoms with Crippen LogP contribution in [-0.4, -0.2) is 26.6 Å². The quantitative estimate of drug-likeness (QED) is 0.920. The predicted octanol–water partition coefficient (Wildman–Crippen LogP) is 2.01. The topological polar surface area (TPSA) is 59.8 Å². The molecule has 0 bridgehead atoms. The van der Waals surface area contributed by atoms with Crippen molar-refractivity contribution in [2.75, 3.05) is 6.54 Å². The number of carbonyl (C=O) groups is 1. The smallest absolute Gasteiger partial charge is 0.254 e. The highest BCUT2D eigenvalue weighted by atomic mass is 32.1. The lowest BCUT2D eigenvalue weighted by atomic mass is 9.88. The van der Waals surface area contributed by atoms with Crippen LogP contribution in [0.1, 0.15) is 40.5 Å². The molecule has 5 nitrogen and oxygen atoms in total. The number of nitrogens with one attached hydrogen (secondary N) is 1. The molecule has 0 atom stereocenters. The average Bonchev–Trinajstić information content (AvgIpc) is 2.91. The Hall–Kier alpha value is -1.69. The van der Waals surface area contributed by atoms with E-state index in [4.69, 9.17) is 0 Å². The van der Waals surface area contributed by atoms with Crippen LogP contribution in [0.2, 0.25) is 0 Å². The molecule has 2 aromatic rings. The molecular formula is C14H18N4OS. The van der Waals surface area contributed by atoms with Gasteiger partial charge in [-0.15, -0.1) is 0 Å². The number of hydrogen-bond donors (Lipinski definition) is 1. The molecule has 0 saturated carbocycles. The van der Waals surface area contributed by atoms with Gasteiger partial charge >= 0.3 is 0 Å². The number of fused-ring (bicyclic) bond motifs is 1. The van der Waals surface area contributed by atoms with E-state index in [1.165, 1.54) is 16.4 Å². The molecule has 0 fully saturated rings. The predicted molar refractivity (Wildman–Crippen MR) is 78.0 cm³/mol. The number of aromatic nitrogens is 3. The third kappa shape index (κ3) is 2.60. The number of hydrogen-bond acceptors (Lipinski definition) is 4. The van der Waals surface area contributed by atoms with Crippen molar-refractivity contribution in [2.45, 2.75) is 33.7 Å². The van der Waals surface area contributed by atoms with Crippen molar-refractivity contribution in [1.29, 1.82) is 0 Å². The highest BCUT2D eigenvalue weighted by Gasteiger charge is 2.29. The van der Waals surface area contributed by atoms with Gasteiger partial charge in [0.15, 0.2) is 0 Å². The Morgan fingerprint density at radius 3 is 3.00 bits per heavy atom. The maximum Gasteiger partial charge on any atom is 0.254 e. The van der Waals surface area contributed by atoms with Crippen molar-refractivity contribution in [3.05, 3.63) is 34.1 Å². The summed E-state index contributed by atoms with van der Waals surface area (Å²) in [6, 6.07) is 2.06. The summed E-state index contributed by atoms with van der Waals surface area (Å²) in [5.74, 6) is -0.0220. The van der Waals surface area contributed by atoms with Gasteiger partial charge in [-0.05, 0) is 36.4 Å². The molecule has 1 N–H and O–H groups in total. The van der Waals surface area contributed by atoms with Gasteiger partial charge in [0, 0.05) is 17.6 Å². The molecule has 0 aromatic carbocycles. The van der Waals surface area contributed by atoms with Crippen LogP contribution >= 0.6 is 11.5 Å². The van der Waals surface area contributed by atoms with Gasteiger partial charge in [-0.1, -0.05) is 13.8 Å². The first-order valence-electron chi connectivity index (χ1n) is 6.70. The Kier molecular flexibility index (Phi) is 3.12. The fourth-order valence-electron chi connectivity index (χ4n) is 2.45. The van der Waals surface area contributed by atoms with Crippen LogP contribution in [0.5, 0.6) is 0 Å². The van der Waals surface area contributed by atoms with E-state index in [9.17, 15) is 4.79 Å². The van der Waals surface area contributed by atoms with Crippen molar-refractivity contribution in [2.24, 2.45) is 5.41 Å². The molecule has 1 amide bonds. The number of rotatable bonds is 2. The molecule has 106 valence electrons.